The Bertz CT molecular complexity index is 807. The zero-order valence-electron chi connectivity index (χ0n) is 13.5. The van der Waals surface area contributed by atoms with Crippen LogP contribution in [0.1, 0.15) is 44.7 Å². The average Bonchev–Trinajstić information content (AvgIpc) is 2.65. The van der Waals surface area contributed by atoms with E-state index in [1.54, 1.807) is 30.3 Å². The van der Waals surface area contributed by atoms with Gasteiger partial charge in [0.25, 0.3) is 0 Å². The normalized spacial score (nSPS) is 17.3. The van der Waals surface area contributed by atoms with Crippen LogP contribution in [0.2, 0.25) is 0 Å². The van der Waals surface area contributed by atoms with E-state index < -0.39 is 0 Å². The van der Waals surface area contributed by atoms with Gasteiger partial charge in [-0.25, -0.2) is 0 Å². The van der Waals surface area contributed by atoms with E-state index in [9.17, 15) is 9.59 Å². The molecule has 1 aliphatic carbocycles. The molecule has 0 aromatic heterocycles. The van der Waals surface area contributed by atoms with Gasteiger partial charge in [0.1, 0.15) is 0 Å². The van der Waals surface area contributed by atoms with Crippen molar-refractivity contribution in [3.05, 3.63) is 64.7 Å². The Morgan fingerprint density at radius 3 is 2.29 bits per heavy atom. The van der Waals surface area contributed by atoms with Crippen molar-refractivity contribution < 1.29 is 9.59 Å². The highest BCUT2D eigenvalue weighted by molar-refractivity contribution is 6.30. The maximum atomic E-state index is 12.9. The minimum atomic E-state index is -0.0642. The third-order valence-corrected chi connectivity index (χ3v) is 4.99. The molecule has 1 saturated heterocycles. The fourth-order valence-electron chi connectivity index (χ4n) is 3.63. The van der Waals surface area contributed by atoms with Gasteiger partial charge < -0.3 is 10.6 Å². The maximum absolute atomic E-state index is 12.9. The first-order valence-electron chi connectivity index (χ1n) is 8.52. The first-order chi connectivity index (χ1) is 11.8. The van der Waals surface area contributed by atoms with Gasteiger partial charge in [0.2, 0.25) is 0 Å². The van der Waals surface area contributed by atoms with Crippen LogP contribution in [-0.4, -0.2) is 31.2 Å². The summed E-state index contributed by atoms with van der Waals surface area (Å²) in [6.45, 7) is 2.93. The maximum Gasteiger partial charge on any atom is 0.196 e. The predicted molar refractivity (Wildman–Crippen MR) is 93.8 cm³/mol. The van der Waals surface area contributed by atoms with Gasteiger partial charge in [-0.1, -0.05) is 36.4 Å². The Morgan fingerprint density at radius 2 is 1.54 bits per heavy atom. The van der Waals surface area contributed by atoms with Crippen molar-refractivity contribution >= 4 is 17.3 Å². The summed E-state index contributed by atoms with van der Waals surface area (Å²) >= 11 is 0. The molecular weight excluding hydrogens is 300 g/mol. The fourth-order valence-corrected chi connectivity index (χ4v) is 3.63. The van der Waals surface area contributed by atoms with Crippen LogP contribution >= 0.6 is 0 Å². The van der Waals surface area contributed by atoms with E-state index in [-0.39, 0.29) is 11.6 Å². The number of piperidine rings is 1. The lowest BCUT2D eigenvalue weighted by atomic mass is 9.83. The Kier molecular flexibility index (Phi) is 3.90. The van der Waals surface area contributed by atoms with E-state index in [4.69, 9.17) is 0 Å². The lowest BCUT2D eigenvalue weighted by Gasteiger charge is -2.25. The number of rotatable bonds is 3. The Balaban J connectivity index is 1.66. The molecule has 24 heavy (non-hydrogen) atoms. The average molecular weight is 320 g/mol. The molecule has 4 rings (SSSR count). The molecule has 4 nitrogen and oxygen atoms in total. The molecule has 1 fully saturated rings. The van der Waals surface area contributed by atoms with Crippen molar-refractivity contribution in [3.8, 4) is 0 Å². The zero-order valence-corrected chi connectivity index (χ0v) is 13.5. The van der Waals surface area contributed by atoms with E-state index in [1.165, 1.54) is 0 Å². The summed E-state index contributed by atoms with van der Waals surface area (Å²) in [7, 11) is 0. The van der Waals surface area contributed by atoms with Crippen LogP contribution in [0.3, 0.4) is 0 Å². The molecule has 0 saturated carbocycles. The molecule has 2 aliphatic rings. The van der Waals surface area contributed by atoms with Crippen LogP contribution in [0, 0.1) is 5.92 Å². The summed E-state index contributed by atoms with van der Waals surface area (Å²) in [4.78, 5) is 25.6. The SMILES string of the molecule is O=C1c2ccccc2C(=O)c2c(NCC3CCNCC3)cccc21. The van der Waals surface area contributed by atoms with Gasteiger partial charge in [-0.15, -0.1) is 0 Å². The number of fused-ring (bicyclic) bond motifs is 2. The molecule has 0 radical (unpaired) electrons. The van der Waals surface area contributed by atoms with Gasteiger partial charge in [0.05, 0.1) is 5.56 Å². The number of carbonyl (C=O) groups is 2. The van der Waals surface area contributed by atoms with Crippen LogP contribution in [-0.2, 0) is 0 Å². The Labute approximate surface area is 141 Å². The summed E-state index contributed by atoms with van der Waals surface area (Å²) in [5.41, 5.74) is 2.82. The van der Waals surface area contributed by atoms with Crippen molar-refractivity contribution in [3.63, 3.8) is 0 Å². The van der Waals surface area contributed by atoms with Crippen LogP contribution in [0.15, 0.2) is 42.5 Å². The Hall–Kier alpha value is -2.46. The number of hydrogen-bond acceptors (Lipinski definition) is 4. The second kappa shape index (κ2) is 6.21. The number of ketones is 2. The number of nitrogens with one attached hydrogen (secondary N) is 2. The fraction of sp³-hybridized carbons (Fsp3) is 0.300. The molecule has 4 heteroatoms. The molecule has 0 spiro atoms. The minimum Gasteiger partial charge on any atom is -0.384 e. The molecule has 0 atom stereocenters. The monoisotopic (exact) mass is 320 g/mol. The summed E-state index contributed by atoms with van der Waals surface area (Å²) in [6.07, 6.45) is 2.27. The molecule has 0 unspecified atom stereocenters. The molecule has 2 N–H and O–H groups in total. The van der Waals surface area contributed by atoms with E-state index in [1.807, 2.05) is 12.1 Å². The molecule has 2 aromatic rings. The van der Waals surface area contributed by atoms with Gasteiger partial charge in [0, 0.05) is 28.9 Å². The number of anilines is 1. The summed E-state index contributed by atoms with van der Waals surface area (Å²) < 4.78 is 0. The largest absolute Gasteiger partial charge is 0.384 e. The van der Waals surface area contributed by atoms with Crippen molar-refractivity contribution in [2.75, 3.05) is 25.0 Å². The molecule has 1 heterocycles. The molecule has 0 amide bonds. The van der Waals surface area contributed by atoms with E-state index >= 15 is 0 Å². The molecule has 1 aliphatic heterocycles. The quantitative estimate of drug-likeness (QED) is 0.779. The van der Waals surface area contributed by atoms with Crippen molar-refractivity contribution in [1.29, 1.82) is 0 Å². The Morgan fingerprint density at radius 1 is 0.875 bits per heavy atom. The van der Waals surface area contributed by atoms with E-state index in [2.05, 4.69) is 10.6 Å². The first-order valence-corrected chi connectivity index (χ1v) is 8.52. The zero-order chi connectivity index (χ0) is 16.5. The summed E-state index contributed by atoms with van der Waals surface area (Å²) in [5.74, 6) is 0.475. The summed E-state index contributed by atoms with van der Waals surface area (Å²) in [5, 5.41) is 6.78. The van der Waals surface area contributed by atoms with Crippen LogP contribution in [0.4, 0.5) is 5.69 Å². The highest BCUT2D eigenvalue weighted by atomic mass is 16.1. The van der Waals surface area contributed by atoms with Gasteiger partial charge >= 0.3 is 0 Å². The second-order valence-electron chi connectivity index (χ2n) is 6.51. The lowest BCUT2D eigenvalue weighted by Crippen LogP contribution is -2.31. The summed E-state index contributed by atoms with van der Waals surface area (Å²) in [6, 6.07) is 12.6. The van der Waals surface area contributed by atoms with Gasteiger partial charge in [0.15, 0.2) is 11.6 Å². The topological polar surface area (TPSA) is 58.2 Å². The molecular formula is C20H20N2O2. The predicted octanol–water partition coefficient (Wildman–Crippen LogP) is 2.87. The van der Waals surface area contributed by atoms with Crippen LogP contribution in [0.25, 0.3) is 0 Å². The highest BCUT2D eigenvalue weighted by Gasteiger charge is 2.31. The van der Waals surface area contributed by atoms with Gasteiger partial charge in [-0.05, 0) is 37.9 Å². The number of hydrogen-bond donors (Lipinski definition) is 2. The third-order valence-electron chi connectivity index (χ3n) is 4.99. The van der Waals surface area contributed by atoms with Crippen molar-refractivity contribution in [2.45, 2.75) is 12.8 Å². The second-order valence-corrected chi connectivity index (χ2v) is 6.51. The smallest absolute Gasteiger partial charge is 0.196 e. The lowest BCUT2D eigenvalue weighted by molar-refractivity contribution is 0.0979. The minimum absolute atomic E-state index is 0.0615. The van der Waals surface area contributed by atoms with Crippen LogP contribution < -0.4 is 10.6 Å². The van der Waals surface area contributed by atoms with Crippen molar-refractivity contribution in [2.24, 2.45) is 5.92 Å². The van der Waals surface area contributed by atoms with Crippen molar-refractivity contribution in [1.82, 2.24) is 5.32 Å². The number of benzene rings is 2. The van der Waals surface area contributed by atoms with Crippen LogP contribution in [0.5, 0.6) is 0 Å². The van der Waals surface area contributed by atoms with Gasteiger partial charge in [-0.3, -0.25) is 9.59 Å². The first kappa shape index (κ1) is 15.1. The molecule has 2 aromatic carbocycles. The van der Waals surface area contributed by atoms with Gasteiger partial charge in [-0.2, -0.15) is 0 Å². The number of carbonyl (C=O) groups excluding carboxylic acids is 2. The molecule has 0 bridgehead atoms. The highest BCUT2D eigenvalue weighted by Crippen LogP contribution is 2.32. The standard InChI is InChI=1S/C20H20N2O2/c23-19-14-4-1-2-5-15(14)20(24)18-16(19)6-3-7-17(18)22-12-13-8-10-21-11-9-13/h1-7,13,21-22H,8-12H2. The third kappa shape index (κ3) is 2.53. The van der Waals surface area contributed by atoms with E-state index in [0.717, 1.165) is 38.2 Å². The van der Waals surface area contributed by atoms with E-state index in [0.29, 0.717) is 28.2 Å². The molecule has 122 valence electrons.